The Morgan fingerprint density at radius 1 is 1.12 bits per heavy atom. The molecule has 2 aromatic heterocycles. The van der Waals surface area contributed by atoms with Crippen LogP contribution in [0.5, 0.6) is 5.75 Å². The molecule has 4 aromatic rings. The maximum atomic E-state index is 12.8. The molecule has 0 unspecified atom stereocenters. The molecule has 4 rings (SSSR count). The number of amides is 1. The Labute approximate surface area is 185 Å². The van der Waals surface area contributed by atoms with E-state index in [2.05, 4.69) is 20.0 Å². The van der Waals surface area contributed by atoms with E-state index in [9.17, 15) is 13.2 Å². The number of hydrogen-bond donors (Lipinski definition) is 3. The molecule has 8 nitrogen and oxygen atoms in total. The molecule has 9 heteroatoms. The predicted molar refractivity (Wildman–Crippen MR) is 122 cm³/mol. The summed E-state index contributed by atoms with van der Waals surface area (Å²) in [6.07, 6.45) is 3.34. The van der Waals surface area contributed by atoms with Gasteiger partial charge in [-0.2, -0.15) is 0 Å². The van der Waals surface area contributed by atoms with Crippen molar-refractivity contribution < 1.29 is 17.9 Å². The molecule has 3 N–H and O–H groups in total. The van der Waals surface area contributed by atoms with E-state index in [1.165, 1.54) is 19.2 Å². The fourth-order valence-corrected chi connectivity index (χ4v) is 4.44. The molecule has 0 radical (unpaired) electrons. The Balaban J connectivity index is 1.44. The number of fused-ring (bicyclic) bond motifs is 1. The van der Waals surface area contributed by atoms with Crippen LogP contribution in [0.4, 0.5) is 5.69 Å². The number of ether oxygens (including phenoxy) is 1. The number of benzene rings is 2. The SMILES string of the molecule is COc1cccc(C)c1NS(=O)(=O)c1ccc(CNC(=O)c2cc3cnccc3[nH]2)cc1. The van der Waals surface area contributed by atoms with Gasteiger partial charge in [0.05, 0.1) is 17.7 Å². The highest BCUT2D eigenvalue weighted by Crippen LogP contribution is 2.30. The lowest BCUT2D eigenvalue weighted by molar-refractivity contribution is 0.0946. The Morgan fingerprint density at radius 3 is 2.62 bits per heavy atom. The monoisotopic (exact) mass is 450 g/mol. The minimum absolute atomic E-state index is 0.112. The smallest absolute Gasteiger partial charge is 0.267 e. The second kappa shape index (κ2) is 8.72. The molecule has 164 valence electrons. The number of carbonyl (C=O) groups excluding carboxylic acids is 1. The van der Waals surface area contributed by atoms with Gasteiger partial charge in [0.1, 0.15) is 11.4 Å². The number of para-hydroxylation sites is 1. The highest BCUT2D eigenvalue weighted by molar-refractivity contribution is 7.92. The van der Waals surface area contributed by atoms with E-state index in [1.54, 1.807) is 61.8 Å². The maximum Gasteiger partial charge on any atom is 0.267 e. The van der Waals surface area contributed by atoms with Gasteiger partial charge < -0.3 is 15.0 Å². The summed E-state index contributed by atoms with van der Waals surface area (Å²) in [6, 6.07) is 15.2. The Hall–Kier alpha value is -3.85. The first-order chi connectivity index (χ1) is 15.4. The summed E-state index contributed by atoms with van der Waals surface area (Å²) >= 11 is 0. The van der Waals surface area contributed by atoms with E-state index < -0.39 is 10.0 Å². The molecule has 0 aliphatic heterocycles. The van der Waals surface area contributed by atoms with E-state index in [1.807, 2.05) is 0 Å². The lowest BCUT2D eigenvalue weighted by atomic mass is 10.2. The van der Waals surface area contributed by atoms with Crippen molar-refractivity contribution >= 4 is 32.5 Å². The van der Waals surface area contributed by atoms with Crippen molar-refractivity contribution in [1.29, 1.82) is 0 Å². The van der Waals surface area contributed by atoms with E-state index >= 15 is 0 Å². The van der Waals surface area contributed by atoms with Gasteiger partial charge in [0.2, 0.25) is 0 Å². The number of H-pyrrole nitrogens is 1. The van der Waals surface area contributed by atoms with Crippen molar-refractivity contribution in [2.75, 3.05) is 11.8 Å². The average molecular weight is 451 g/mol. The lowest BCUT2D eigenvalue weighted by Gasteiger charge is -2.14. The van der Waals surface area contributed by atoms with Crippen LogP contribution in [0.15, 0.2) is 71.9 Å². The van der Waals surface area contributed by atoms with Crippen LogP contribution in [-0.4, -0.2) is 31.4 Å². The number of hydrogen-bond acceptors (Lipinski definition) is 5. The number of aromatic amines is 1. The molecule has 0 saturated heterocycles. The van der Waals surface area contributed by atoms with Gasteiger partial charge in [0, 0.05) is 29.8 Å². The van der Waals surface area contributed by atoms with Crippen LogP contribution in [0, 0.1) is 6.92 Å². The molecule has 32 heavy (non-hydrogen) atoms. The van der Waals surface area contributed by atoms with Crippen LogP contribution in [0.1, 0.15) is 21.6 Å². The van der Waals surface area contributed by atoms with Gasteiger partial charge in [-0.3, -0.25) is 14.5 Å². The van der Waals surface area contributed by atoms with Gasteiger partial charge in [0.25, 0.3) is 15.9 Å². The van der Waals surface area contributed by atoms with E-state index in [4.69, 9.17) is 4.74 Å². The molecule has 2 aromatic carbocycles. The number of nitrogens with zero attached hydrogens (tertiary/aromatic N) is 1. The molecular weight excluding hydrogens is 428 g/mol. The summed E-state index contributed by atoms with van der Waals surface area (Å²) in [4.78, 5) is 19.6. The Morgan fingerprint density at radius 2 is 1.91 bits per heavy atom. The van der Waals surface area contributed by atoms with E-state index in [0.29, 0.717) is 17.1 Å². The zero-order valence-corrected chi connectivity index (χ0v) is 18.4. The highest BCUT2D eigenvalue weighted by atomic mass is 32.2. The first-order valence-corrected chi connectivity index (χ1v) is 11.3. The summed E-state index contributed by atoms with van der Waals surface area (Å²) in [5.41, 5.74) is 3.18. The van der Waals surface area contributed by atoms with Gasteiger partial charge in [-0.05, 0) is 48.4 Å². The number of pyridine rings is 1. The lowest BCUT2D eigenvalue weighted by Crippen LogP contribution is -2.23. The van der Waals surface area contributed by atoms with Crippen molar-refractivity contribution in [2.45, 2.75) is 18.4 Å². The van der Waals surface area contributed by atoms with Gasteiger partial charge in [-0.25, -0.2) is 8.42 Å². The number of methoxy groups -OCH3 is 1. The number of nitrogens with one attached hydrogen (secondary N) is 3. The minimum Gasteiger partial charge on any atom is -0.495 e. The first kappa shape index (κ1) is 21.4. The summed E-state index contributed by atoms with van der Waals surface area (Å²) < 4.78 is 33.5. The maximum absolute atomic E-state index is 12.8. The second-order valence-electron chi connectivity index (χ2n) is 7.23. The van der Waals surface area contributed by atoms with Crippen molar-refractivity contribution in [3.05, 3.63) is 83.8 Å². The van der Waals surface area contributed by atoms with Gasteiger partial charge in [-0.15, -0.1) is 0 Å². The van der Waals surface area contributed by atoms with Crippen molar-refractivity contribution in [2.24, 2.45) is 0 Å². The van der Waals surface area contributed by atoms with E-state index in [0.717, 1.165) is 22.0 Å². The third-order valence-electron chi connectivity index (χ3n) is 5.04. The Bertz CT molecular complexity index is 1350. The molecule has 1 amide bonds. The molecule has 0 spiro atoms. The minimum atomic E-state index is -3.80. The Kier molecular flexibility index (Phi) is 5.83. The number of rotatable bonds is 7. The third-order valence-corrected chi connectivity index (χ3v) is 6.41. The summed E-state index contributed by atoms with van der Waals surface area (Å²) in [5.74, 6) is 0.187. The third kappa shape index (κ3) is 4.42. The van der Waals surface area contributed by atoms with Crippen LogP contribution in [0.3, 0.4) is 0 Å². The predicted octanol–water partition coefficient (Wildman–Crippen LogP) is 3.61. The molecule has 0 fully saturated rings. The molecule has 2 heterocycles. The van der Waals surface area contributed by atoms with Crippen LogP contribution < -0.4 is 14.8 Å². The fourth-order valence-electron chi connectivity index (χ4n) is 3.29. The van der Waals surface area contributed by atoms with E-state index in [-0.39, 0.29) is 17.3 Å². The number of aromatic nitrogens is 2. The highest BCUT2D eigenvalue weighted by Gasteiger charge is 2.18. The quantitative estimate of drug-likeness (QED) is 0.398. The number of anilines is 1. The summed E-state index contributed by atoms with van der Waals surface area (Å²) in [5, 5.41) is 3.68. The fraction of sp³-hybridized carbons (Fsp3) is 0.130. The molecular formula is C23H22N4O4S. The van der Waals surface area contributed by atoms with Crippen LogP contribution >= 0.6 is 0 Å². The van der Waals surface area contributed by atoms with Crippen LogP contribution in [0.25, 0.3) is 10.9 Å². The topological polar surface area (TPSA) is 113 Å². The standard InChI is InChI=1S/C23H22N4O4S/c1-15-4-3-5-21(31-2)22(15)27-32(29,30)18-8-6-16(7-9-18)13-25-23(28)20-12-17-14-24-11-10-19(17)26-20/h3-12,14,26-27H,13H2,1-2H3,(H,25,28). The summed E-state index contributed by atoms with van der Waals surface area (Å²) in [7, 11) is -2.31. The van der Waals surface area contributed by atoms with Gasteiger partial charge in [-0.1, -0.05) is 24.3 Å². The number of carbonyl (C=O) groups is 1. The average Bonchev–Trinajstić information content (AvgIpc) is 3.23. The molecule has 0 atom stereocenters. The molecule has 0 bridgehead atoms. The largest absolute Gasteiger partial charge is 0.495 e. The zero-order chi connectivity index (χ0) is 22.7. The van der Waals surface area contributed by atoms with Crippen LogP contribution in [-0.2, 0) is 16.6 Å². The van der Waals surface area contributed by atoms with Crippen LogP contribution in [0.2, 0.25) is 0 Å². The second-order valence-corrected chi connectivity index (χ2v) is 8.91. The summed E-state index contributed by atoms with van der Waals surface area (Å²) in [6.45, 7) is 2.06. The van der Waals surface area contributed by atoms with Crippen molar-refractivity contribution in [1.82, 2.24) is 15.3 Å². The normalized spacial score (nSPS) is 11.3. The van der Waals surface area contributed by atoms with Gasteiger partial charge >= 0.3 is 0 Å². The molecule has 0 saturated carbocycles. The first-order valence-electron chi connectivity index (χ1n) is 9.84. The zero-order valence-electron chi connectivity index (χ0n) is 17.5. The van der Waals surface area contributed by atoms with Crippen molar-refractivity contribution in [3.8, 4) is 5.75 Å². The number of sulfonamides is 1. The van der Waals surface area contributed by atoms with Crippen molar-refractivity contribution in [3.63, 3.8) is 0 Å². The van der Waals surface area contributed by atoms with Gasteiger partial charge in [0.15, 0.2) is 0 Å². The molecule has 0 aliphatic carbocycles. The number of aryl methyl sites for hydroxylation is 1. The molecule has 0 aliphatic rings.